The van der Waals surface area contributed by atoms with E-state index in [1.807, 2.05) is 19.9 Å². The molecule has 2 unspecified atom stereocenters. The summed E-state index contributed by atoms with van der Waals surface area (Å²) < 4.78 is 11.9. The van der Waals surface area contributed by atoms with E-state index in [9.17, 15) is 9.00 Å². The van der Waals surface area contributed by atoms with E-state index in [1.54, 1.807) is 31.2 Å². The van der Waals surface area contributed by atoms with Crippen molar-refractivity contribution in [3.05, 3.63) is 29.8 Å². The Morgan fingerprint density at radius 1 is 1.42 bits per heavy atom. The minimum absolute atomic E-state index is 0.283. The van der Waals surface area contributed by atoms with Gasteiger partial charge in [-0.2, -0.15) is 5.26 Å². The number of benzene rings is 1. The minimum atomic E-state index is -1.18. The van der Waals surface area contributed by atoms with Crippen molar-refractivity contribution in [2.75, 3.05) is 11.1 Å². The molecule has 0 saturated heterocycles. The Balaban J connectivity index is 2.68. The maximum atomic E-state index is 11.9. The molecule has 1 N–H and O–H groups in total. The highest BCUT2D eigenvalue weighted by Crippen LogP contribution is 2.12. The van der Waals surface area contributed by atoms with Crippen LogP contribution in [0.3, 0.4) is 0 Å². The molecule has 5 heteroatoms. The molecule has 1 amide bonds. The first-order chi connectivity index (χ1) is 8.93. The van der Waals surface area contributed by atoms with Crippen molar-refractivity contribution in [1.82, 2.24) is 0 Å². The largest absolute Gasteiger partial charge is 0.325 e. The average molecular weight is 278 g/mol. The van der Waals surface area contributed by atoms with Crippen molar-refractivity contribution >= 4 is 22.4 Å². The van der Waals surface area contributed by atoms with E-state index in [-0.39, 0.29) is 11.8 Å². The van der Waals surface area contributed by atoms with Crippen LogP contribution < -0.4 is 5.32 Å². The van der Waals surface area contributed by atoms with Crippen LogP contribution in [0.15, 0.2) is 24.3 Å². The normalized spacial score (nSPS) is 13.6. The lowest BCUT2D eigenvalue weighted by Gasteiger charge is -2.13. The van der Waals surface area contributed by atoms with Crippen LogP contribution in [0.4, 0.5) is 5.69 Å². The molecule has 2 atom stereocenters. The fourth-order valence-corrected chi connectivity index (χ4v) is 2.75. The lowest BCUT2D eigenvalue weighted by Crippen LogP contribution is -2.31. The van der Waals surface area contributed by atoms with Gasteiger partial charge >= 0.3 is 0 Å². The van der Waals surface area contributed by atoms with Gasteiger partial charge in [0, 0.05) is 22.2 Å². The Morgan fingerprint density at radius 2 is 2.11 bits per heavy atom. The van der Waals surface area contributed by atoms with Crippen molar-refractivity contribution in [1.29, 1.82) is 5.26 Å². The first-order valence-electron chi connectivity index (χ1n) is 6.12. The molecule has 1 aromatic rings. The van der Waals surface area contributed by atoms with E-state index in [0.29, 0.717) is 17.0 Å². The molecule has 102 valence electrons. The van der Waals surface area contributed by atoms with Gasteiger partial charge in [-0.25, -0.2) is 0 Å². The van der Waals surface area contributed by atoms with Crippen LogP contribution in [-0.2, 0) is 15.6 Å². The number of nitriles is 1. The summed E-state index contributed by atoms with van der Waals surface area (Å²) in [6.07, 6.45) is 0. The second-order valence-electron chi connectivity index (χ2n) is 4.77. The quantitative estimate of drug-likeness (QED) is 0.898. The standard InChI is InChI=1S/C14H18N2O2S/c1-10(2)9-19(18)11(3)14(17)16-13-6-4-5-12(7-13)8-15/h4-7,10-11H,9H2,1-3H3,(H,16,17). The Morgan fingerprint density at radius 3 is 2.68 bits per heavy atom. The molecule has 1 rings (SSSR count). The molecule has 1 aromatic carbocycles. The lowest BCUT2D eigenvalue weighted by atomic mass is 10.2. The molecule has 0 fully saturated rings. The van der Waals surface area contributed by atoms with Gasteiger partial charge in [0.1, 0.15) is 5.25 Å². The molecular weight excluding hydrogens is 260 g/mol. The van der Waals surface area contributed by atoms with Crippen molar-refractivity contribution < 1.29 is 9.00 Å². The van der Waals surface area contributed by atoms with E-state index < -0.39 is 16.0 Å². The number of nitrogens with one attached hydrogen (secondary N) is 1. The minimum Gasteiger partial charge on any atom is -0.325 e. The number of anilines is 1. The molecular formula is C14H18N2O2S. The van der Waals surface area contributed by atoms with Gasteiger partial charge in [0.05, 0.1) is 11.6 Å². The maximum absolute atomic E-state index is 11.9. The first-order valence-corrected chi connectivity index (χ1v) is 7.50. The molecule has 0 aliphatic heterocycles. The SMILES string of the molecule is CC(C)CS(=O)C(C)C(=O)Nc1cccc(C#N)c1. The second-order valence-corrected chi connectivity index (χ2v) is 6.57. The monoisotopic (exact) mass is 278 g/mol. The van der Waals surface area contributed by atoms with Crippen LogP contribution in [0.1, 0.15) is 26.3 Å². The van der Waals surface area contributed by atoms with Gasteiger partial charge in [0.15, 0.2) is 0 Å². The zero-order valence-electron chi connectivity index (χ0n) is 11.3. The van der Waals surface area contributed by atoms with Crippen LogP contribution in [-0.4, -0.2) is 21.1 Å². The molecule has 0 bridgehead atoms. The van der Waals surface area contributed by atoms with Gasteiger partial charge < -0.3 is 5.32 Å². The summed E-state index contributed by atoms with van der Waals surface area (Å²) in [4.78, 5) is 11.9. The predicted octanol–water partition coefficient (Wildman–Crippen LogP) is 2.29. The van der Waals surface area contributed by atoms with Crippen LogP contribution in [0.5, 0.6) is 0 Å². The zero-order valence-corrected chi connectivity index (χ0v) is 12.2. The zero-order chi connectivity index (χ0) is 14.4. The van der Waals surface area contributed by atoms with Crippen LogP contribution in [0.25, 0.3) is 0 Å². The van der Waals surface area contributed by atoms with Crippen molar-refractivity contribution in [2.45, 2.75) is 26.0 Å². The molecule has 0 aliphatic rings. The number of nitrogens with zero attached hydrogens (tertiary/aromatic N) is 1. The highest BCUT2D eigenvalue weighted by atomic mass is 32.2. The summed E-state index contributed by atoms with van der Waals surface area (Å²) in [5.41, 5.74) is 1.03. The van der Waals surface area contributed by atoms with Crippen LogP contribution in [0.2, 0.25) is 0 Å². The van der Waals surface area contributed by atoms with Crippen molar-refractivity contribution in [3.8, 4) is 6.07 Å². The summed E-state index contributed by atoms with van der Waals surface area (Å²) in [6, 6.07) is 8.67. The Bertz CT molecular complexity index is 520. The average Bonchev–Trinajstić information content (AvgIpc) is 2.37. The maximum Gasteiger partial charge on any atom is 0.239 e. The molecule has 0 spiro atoms. The summed E-state index contributed by atoms with van der Waals surface area (Å²) in [7, 11) is -1.18. The number of hydrogen-bond acceptors (Lipinski definition) is 3. The fraction of sp³-hybridized carbons (Fsp3) is 0.429. The van der Waals surface area contributed by atoms with Crippen LogP contribution in [0, 0.1) is 17.2 Å². The van der Waals surface area contributed by atoms with E-state index >= 15 is 0 Å². The first kappa shape index (κ1) is 15.4. The second kappa shape index (κ2) is 7.05. The number of rotatable bonds is 5. The molecule has 0 aliphatic carbocycles. The topological polar surface area (TPSA) is 70.0 Å². The Kier molecular flexibility index (Phi) is 5.71. The van der Waals surface area contributed by atoms with E-state index in [1.165, 1.54) is 0 Å². The Labute approximate surface area is 116 Å². The summed E-state index contributed by atoms with van der Waals surface area (Å²) in [5, 5.41) is 10.9. The molecule has 0 heterocycles. The third kappa shape index (κ3) is 4.84. The summed E-state index contributed by atoms with van der Waals surface area (Å²) in [6.45, 7) is 5.60. The molecule has 0 aromatic heterocycles. The van der Waals surface area contributed by atoms with Gasteiger partial charge in [0.2, 0.25) is 5.91 Å². The number of carbonyl (C=O) groups is 1. The van der Waals surface area contributed by atoms with Crippen LogP contribution >= 0.6 is 0 Å². The summed E-state index contributed by atoms with van der Waals surface area (Å²) in [5.74, 6) is 0.513. The van der Waals surface area contributed by atoms with Crippen molar-refractivity contribution in [2.24, 2.45) is 5.92 Å². The van der Waals surface area contributed by atoms with E-state index in [0.717, 1.165) is 0 Å². The third-order valence-corrected chi connectivity index (χ3v) is 4.52. The number of hydrogen-bond donors (Lipinski definition) is 1. The van der Waals surface area contributed by atoms with E-state index in [2.05, 4.69) is 5.32 Å². The third-order valence-electron chi connectivity index (χ3n) is 2.52. The van der Waals surface area contributed by atoms with Gasteiger partial charge in [0.25, 0.3) is 0 Å². The molecule has 4 nitrogen and oxygen atoms in total. The van der Waals surface area contributed by atoms with Gasteiger partial charge in [-0.1, -0.05) is 19.9 Å². The predicted molar refractivity (Wildman–Crippen MR) is 77.1 cm³/mol. The van der Waals surface area contributed by atoms with Gasteiger partial charge in [-0.05, 0) is 31.0 Å². The van der Waals surface area contributed by atoms with E-state index in [4.69, 9.17) is 5.26 Å². The number of amides is 1. The Hall–Kier alpha value is -1.67. The fourth-order valence-electron chi connectivity index (χ4n) is 1.50. The number of carbonyl (C=O) groups excluding carboxylic acids is 1. The van der Waals surface area contributed by atoms with Gasteiger partial charge in [-0.3, -0.25) is 9.00 Å². The molecule has 19 heavy (non-hydrogen) atoms. The van der Waals surface area contributed by atoms with Crippen molar-refractivity contribution in [3.63, 3.8) is 0 Å². The lowest BCUT2D eigenvalue weighted by molar-refractivity contribution is -0.115. The smallest absolute Gasteiger partial charge is 0.239 e. The summed E-state index contributed by atoms with van der Waals surface area (Å²) >= 11 is 0. The highest BCUT2D eigenvalue weighted by Gasteiger charge is 2.20. The molecule has 0 saturated carbocycles. The highest BCUT2D eigenvalue weighted by molar-refractivity contribution is 7.86. The van der Waals surface area contributed by atoms with Gasteiger partial charge in [-0.15, -0.1) is 0 Å². The molecule has 0 radical (unpaired) electrons.